The number of rotatable bonds is 3. The van der Waals surface area contributed by atoms with Crippen molar-refractivity contribution in [2.45, 2.75) is 24.8 Å². The summed E-state index contributed by atoms with van der Waals surface area (Å²) in [6.07, 6.45) is 2.77. The third-order valence-electron chi connectivity index (χ3n) is 5.57. The Hall–Kier alpha value is -3.41. The van der Waals surface area contributed by atoms with Crippen LogP contribution in [0.25, 0.3) is 0 Å². The zero-order chi connectivity index (χ0) is 19.1. The van der Waals surface area contributed by atoms with Crippen LogP contribution in [0.3, 0.4) is 0 Å². The highest BCUT2D eigenvalue weighted by molar-refractivity contribution is 6.00. The lowest BCUT2D eigenvalue weighted by Crippen LogP contribution is -2.33. The first kappa shape index (κ1) is 16.7. The fraction of sp³-hybridized carbons (Fsp3) is 0.227. The predicted molar refractivity (Wildman–Crippen MR) is 105 cm³/mol. The number of aromatic nitrogens is 3. The molecule has 2 heterocycles. The van der Waals surface area contributed by atoms with Gasteiger partial charge in [-0.15, -0.1) is 0 Å². The molecular formula is C22H20N4O2. The van der Waals surface area contributed by atoms with Gasteiger partial charge in [0.05, 0.1) is 7.11 Å². The molecule has 0 spiro atoms. The van der Waals surface area contributed by atoms with Gasteiger partial charge in [-0.1, -0.05) is 48.5 Å². The van der Waals surface area contributed by atoms with Gasteiger partial charge in [-0.3, -0.25) is 4.79 Å². The Morgan fingerprint density at radius 1 is 1.07 bits per heavy atom. The van der Waals surface area contributed by atoms with Crippen molar-refractivity contribution in [1.82, 2.24) is 14.8 Å². The van der Waals surface area contributed by atoms with E-state index in [0.717, 1.165) is 29.0 Å². The summed E-state index contributed by atoms with van der Waals surface area (Å²) in [5, 5.41) is 7.75. The van der Waals surface area contributed by atoms with Gasteiger partial charge < -0.3 is 10.1 Å². The largest absolute Gasteiger partial charge is 0.496 e. The molecule has 0 saturated heterocycles. The molecule has 28 heavy (non-hydrogen) atoms. The molecule has 1 aromatic heterocycles. The quantitative estimate of drug-likeness (QED) is 0.759. The van der Waals surface area contributed by atoms with Crippen molar-refractivity contribution in [3.63, 3.8) is 0 Å². The molecule has 6 heteroatoms. The Morgan fingerprint density at radius 2 is 1.86 bits per heavy atom. The van der Waals surface area contributed by atoms with Crippen LogP contribution in [0.1, 0.15) is 35.9 Å². The maximum Gasteiger partial charge on any atom is 0.226 e. The molecule has 3 aromatic rings. The molecule has 2 unspecified atom stereocenters. The lowest BCUT2D eigenvalue weighted by molar-refractivity contribution is -0.116. The number of methoxy groups -OCH3 is 1. The molecule has 1 aliphatic heterocycles. The van der Waals surface area contributed by atoms with Crippen molar-refractivity contribution < 1.29 is 9.53 Å². The second kappa shape index (κ2) is 6.64. The number of anilines is 1. The zero-order valence-electron chi connectivity index (χ0n) is 15.5. The molecule has 6 nitrogen and oxygen atoms in total. The summed E-state index contributed by atoms with van der Waals surface area (Å²) < 4.78 is 7.35. The standard InChI is InChI=1S/C22H20N4O2/c1-28-19-10-6-5-9-16(19)21-20-17(25-22-23-13-24-26(21)22)11-15(12-18(20)27)14-7-3-2-4-8-14/h2-10,13,15,21H,11-12H2,1H3,(H,23,24,25). The number of para-hydroxylation sites is 1. The lowest BCUT2D eigenvalue weighted by atomic mass is 9.78. The zero-order valence-corrected chi connectivity index (χ0v) is 15.5. The Balaban J connectivity index is 1.63. The van der Waals surface area contributed by atoms with Crippen molar-refractivity contribution in [1.29, 1.82) is 0 Å². The minimum Gasteiger partial charge on any atom is -0.496 e. The van der Waals surface area contributed by atoms with Crippen LogP contribution in [0.15, 0.2) is 72.2 Å². The smallest absolute Gasteiger partial charge is 0.226 e. The van der Waals surface area contributed by atoms with Gasteiger partial charge in [0, 0.05) is 23.3 Å². The van der Waals surface area contributed by atoms with Crippen molar-refractivity contribution in [2.75, 3.05) is 12.4 Å². The average Bonchev–Trinajstić information content (AvgIpc) is 3.21. The van der Waals surface area contributed by atoms with E-state index in [1.165, 1.54) is 11.9 Å². The first-order valence-corrected chi connectivity index (χ1v) is 9.37. The highest BCUT2D eigenvalue weighted by atomic mass is 16.5. The highest BCUT2D eigenvalue weighted by Gasteiger charge is 2.40. The lowest BCUT2D eigenvalue weighted by Gasteiger charge is -2.35. The molecular weight excluding hydrogens is 352 g/mol. The number of Topliss-reactive ketones (excluding diaryl/α,β-unsaturated/α-hetero) is 1. The molecule has 5 rings (SSSR count). The third-order valence-corrected chi connectivity index (χ3v) is 5.57. The fourth-order valence-corrected chi connectivity index (χ4v) is 4.29. The van der Waals surface area contributed by atoms with Gasteiger partial charge in [0.2, 0.25) is 5.95 Å². The molecule has 0 amide bonds. The molecule has 1 N–H and O–H groups in total. The van der Waals surface area contributed by atoms with E-state index in [2.05, 4.69) is 27.5 Å². The van der Waals surface area contributed by atoms with E-state index in [4.69, 9.17) is 4.74 Å². The van der Waals surface area contributed by atoms with E-state index in [-0.39, 0.29) is 17.7 Å². The van der Waals surface area contributed by atoms with Gasteiger partial charge in [0.1, 0.15) is 18.1 Å². The van der Waals surface area contributed by atoms with E-state index in [1.54, 1.807) is 11.8 Å². The summed E-state index contributed by atoms with van der Waals surface area (Å²) in [5.41, 5.74) is 3.79. The second-order valence-electron chi connectivity index (χ2n) is 7.13. The van der Waals surface area contributed by atoms with Crippen molar-refractivity contribution in [2.24, 2.45) is 0 Å². The highest BCUT2D eigenvalue weighted by Crippen LogP contribution is 2.45. The SMILES string of the molecule is COc1ccccc1C1C2=C(CC(c3ccccc3)CC2=O)Nc2ncnn21. The van der Waals surface area contributed by atoms with Crippen LogP contribution in [-0.4, -0.2) is 27.7 Å². The summed E-state index contributed by atoms with van der Waals surface area (Å²) in [4.78, 5) is 17.7. The van der Waals surface area contributed by atoms with E-state index in [0.29, 0.717) is 12.4 Å². The first-order valence-electron chi connectivity index (χ1n) is 9.37. The number of hydrogen-bond acceptors (Lipinski definition) is 5. The minimum absolute atomic E-state index is 0.139. The number of benzene rings is 2. The molecule has 0 radical (unpaired) electrons. The number of ether oxygens (including phenoxy) is 1. The van der Waals surface area contributed by atoms with Crippen LogP contribution in [0, 0.1) is 0 Å². The normalized spacial score (nSPS) is 21.0. The molecule has 0 bridgehead atoms. The Kier molecular flexibility index (Phi) is 3.97. The van der Waals surface area contributed by atoms with Crippen LogP contribution in [0.2, 0.25) is 0 Å². The molecule has 140 valence electrons. The van der Waals surface area contributed by atoms with Crippen LogP contribution in [0.5, 0.6) is 5.75 Å². The number of nitrogens with zero attached hydrogens (tertiary/aromatic N) is 3. The van der Waals surface area contributed by atoms with Crippen LogP contribution in [-0.2, 0) is 4.79 Å². The van der Waals surface area contributed by atoms with Crippen molar-refractivity contribution in [3.05, 3.63) is 83.3 Å². The maximum atomic E-state index is 13.3. The molecule has 2 aliphatic rings. The number of fused-ring (bicyclic) bond motifs is 1. The maximum absolute atomic E-state index is 13.3. The molecule has 0 saturated carbocycles. The monoisotopic (exact) mass is 372 g/mol. The van der Waals surface area contributed by atoms with E-state index < -0.39 is 0 Å². The summed E-state index contributed by atoms with van der Waals surface area (Å²) in [6.45, 7) is 0. The average molecular weight is 372 g/mol. The second-order valence-corrected chi connectivity index (χ2v) is 7.13. The van der Waals surface area contributed by atoms with Gasteiger partial charge in [-0.25, -0.2) is 4.68 Å². The van der Waals surface area contributed by atoms with Crippen LogP contribution >= 0.6 is 0 Å². The third kappa shape index (κ3) is 2.60. The Labute approximate surface area is 162 Å². The molecule has 1 aliphatic carbocycles. The fourth-order valence-electron chi connectivity index (χ4n) is 4.29. The van der Waals surface area contributed by atoms with Gasteiger partial charge in [0.25, 0.3) is 0 Å². The van der Waals surface area contributed by atoms with E-state index in [1.807, 2.05) is 42.5 Å². The number of carbonyl (C=O) groups excluding carboxylic acids is 1. The summed E-state index contributed by atoms with van der Waals surface area (Å²) in [5.74, 6) is 1.68. The topological polar surface area (TPSA) is 69.0 Å². The van der Waals surface area contributed by atoms with Gasteiger partial charge >= 0.3 is 0 Å². The summed E-state index contributed by atoms with van der Waals surface area (Å²) >= 11 is 0. The Morgan fingerprint density at radius 3 is 2.68 bits per heavy atom. The Bertz CT molecular complexity index is 1070. The summed E-state index contributed by atoms with van der Waals surface area (Å²) in [6, 6.07) is 17.7. The first-order chi connectivity index (χ1) is 13.8. The number of nitrogens with one attached hydrogen (secondary N) is 1. The molecule has 0 fully saturated rings. The molecule has 2 atom stereocenters. The summed E-state index contributed by atoms with van der Waals surface area (Å²) in [7, 11) is 1.64. The van der Waals surface area contributed by atoms with Gasteiger partial charge in [-0.2, -0.15) is 10.1 Å². The van der Waals surface area contributed by atoms with Gasteiger partial charge in [0.15, 0.2) is 5.78 Å². The van der Waals surface area contributed by atoms with E-state index in [9.17, 15) is 4.79 Å². The number of ketones is 1. The number of allylic oxidation sites excluding steroid dienone is 2. The van der Waals surface area contributed by atoms with Gasteiger partial charge in [-0.05, 0) is 24.0 Å². The number of carbonyl (C=O) groups is 1. The minimum atomic E-state index is -0.339. The predicted octanol–water partition coefficient (Wildman–Crippen LogP) is 3.70. The van der Waals surface area contributed by atoms with Crippen molar-refractivity contribution in [3.8, 4) is 5.75 Å². The van der Waals surface area contributed by atoms with E-state index >= 15 is 0 Å². The van der Waals surface area contributed by atoms with Crippen molar-refractivity contribution >= 4 is 11.7 Å². The molecule has 2 aromatic carbocycles. The number of hydrogen-bond donors (Lipinski definition) is 1. The van der Waals surface area contributed by atoms with Crippen LogP contribution in [0.4, 0.5) is 5.95 Å². The van der Waals surface area contributed by atoms with Crippen LogP contribution < -0.4 is 10.1 Å².